The van der Waals surface area contributed by atoms with Crippen LogP contribution in [0.3, 0.4) is 0 Å². The number of carbonyl (C=O) groups excluding carboxylic acids is 1. The summed E-state index contributed by atoms with van der Waals surface area (Å²) in [5, 5.41) is 2.86. The highest BCUT2D eigenvalue weighted by Crippen LogP contribution is 2.20. The Morgan fingerprint density at radius 3 is 2.69 bits per heavy atom. The summed E-state index contributed by atoms with van der Waals surface area (Å²) in [6, 6.07) is 9.80. The number of rotatable bonds is 12. The summed E-state index contributed by atoms with van der Waals surface area (Å²) in [6.07, 6.45) is 2.54. The number of benzene rings is 1. The molecule has 0 spiro atoms. The van der Waals surface area contributed by atoms with Crippen molar-refractivity contribution in [3.63, 3.8) is 0 Å². The van der Waals surface area contributed by atoms with Gasteiger partial charge in [0.05, 0.1) is 19.4 Å². The lowest BCUT2D eigenvalue weighted by molar-refractivity contribution is -0.121. The number of likely N-dealkylation sites (N-methyl/N-ethyl adjacent to an activating group) is 1. The van der Waals surface area contributed by atoms with Crippen LogP contribution in [0.15, 0.2) is 40.9 Å². The number of amides is 1. The quantitative estimate of drug-likeness (QED) is 0.590. The number of nitrogens with zero attached hydrogens (tertiary/aromatic N) is 2. The van der Waals surface area contributed by atoms with Crippen LogP contribution in [0.4, 0.5) is 0 Å². The van der Waals surface area contributed by atoms with Crippen LogP contribution in [-0.2, 0) is 16.0 Å². The highest BCUT2D eigenvalue weighted by Gasteiger charge is 2.08. The molecule has 142 valence electrons. The molecule has 2 rings (SSSR count). The first-order chi connectivity index (χ1) is 12.7. The molecule has 0 saturated heterocycles. The van der Waals surface area contributed by atoms with Gasteiger partial charge in [0, 0.05) is 31.5 Å². The molecule has 0 unspecified atom stereocenters. The van der Waals surface area contributed by atoms with Gasteiger partial charge in [0.25, 0.3) is 0 Å². The van der Waals surface area contributed by atoms with E-state index < -0.39 is 0 Å². The predicted molar refractivity (Wildman–Crippen MR) is 102 cm³/mol. The lowest BCUT2D eigenvalue weighted by atomic mass is 10.2. The summed E-state index contributed by atoms with van der Waals surface area (Å²) < 4.78 is 11.2. The minimum absolute atomic E-state index is 0.0168. The van der Waals surface area contributed by atoms with Gasteiger partial charge in [-0.25, -0.2) is 4.98 Å². The molecule has 6 heteroatoms. The summed E-state index contributed by atoms with van der Waals surface area (Å²) in [6.45, 7) is 9.01. The summed E-state index contributed by atoms with van der Waals surface area (Å²) in [4.78, 5) is 18.4. The van der Waals surface area contributed by atoms with Crippen molar-refractivity contribution in [2.45, 2.75) is 26.7 Å². The van der Waals surface area contributed by atoms with Crippen molar-refractivity contribution in [2.75, 3.05) is 39.4 Å². The maximum Gasteiger partial charge on any atom is 0.220 e. The Morgan fingerprint density at radius 2 is 1.96 bits per heavy atom. The Bertz CT molecular complexity index is 639. The van der Waals surface area contributed by atoms with Crippen molar-refractivity contribution in [1.82, 2.24) is 15.2 Å². The van der Waals surface area contributed by atoms with Crippen LogP contribution in [0.1, 0.15) is 26.2 Å². The molecule has 0 aliphatic carbocycles. The smallest absolute Gasteiger partial charge is 0.220 e. The summed E-state index contributed by atoms with van der Waals surface area (Å²) in [7, 11) is 0. The molecule has 1 aromatic carbocycles. The molecule has 26 heavy (non-hydrogen) atoms. The fraction of sp³-hybridized carbons (Fsp3) is 0.500. The van der Waals surface area contributed by atoms with Crippen LogP contribution in [-0.4, -0.2) is 55.2 Å². The SMILES string of the molecule is CCN(CC)CCOCCNC(=O)CCc1ncc(-c2ccccc2)o1. The molecule has 0 fully saturated rings. The van der Waals surface area contributed by atoms with Gasteiger partial charge in [0.15, 0.2) is 11.7 Å². The molecular weight excluding hydrogens is 330 g/mol. The molecule has 1 N–H and O–H groups in total. The number of oxazole rings is 1. The molecule has 0 radical (unpaired) electrons. The van der Waals surface area contributed by atoms with E-state index in [2.05, 4.69) is 29.0 Å². The van der Waals surface area contributed by atoms with Gasteiger partial charge in [-0.15, -0.1) is 0 Å². The summed E-state index contributed by atoms with van der Waals surface area (Å²) in [5.41, 5.74) is 0.984. The van der Waals surface area contributed by atoms with E-state index in [1.165, 1.54) is 0 Å². The molecule has 6 nitrogen and oxygen atoms in total. The predicted octanol–water partition coefficient (Wildman–Crippen LogP) is 2.75. The number of aryl methyl sites for hydroxylation is 1. The van der Waals surface area contributed by atoms with E-state index in [1.807, 2.05) is 30.3 Å². The zero-order valence-electron chi connectivity index (χ0n) is 15.7. The van der Waals surface area contributed by atoms with E-state index in [-0.39, 0.29) is 5.91 Å². The second kappa shape index (κ2) is 11.4. The minimum Gasteiger partial charge on any atom is -0.441 e. The average Bonchev–Trinajstić information content (AvgIpc) is 3.16. The Kier molecular flexibility index (Phi) is 8.86. The fourth-order valence-electron chi connectivity index (χ4n) is 2.57. The monoisotopic (exact) mass is 359 g/mol. The average molecular weight is 359 g/mol. The first-order valence-electron chi connectivity index (χ1n) is 9.29. The van der Waals surface area contributed by atoms with Crippen molar-refractivity contribution < 1.29 is 13.9 Å². The fourth-order valence-corrected chi connectivity index (χ4v) is 2.57. The largest absolute Gasteiger partial charge is 0.441 e. The third-order valence-electron chi connectivity index (χ3n) is 4.19. The molecule has 1 aromatic heterocycles. The first kappa shape index (κ1) is 20.1. The second-order valence-electron chi connectivity index (χ2n) is 5.97. The van der Waals surface area contributed by atoms with Gasteiger partial charge >= 0.3 is 0 Å². The topological polar surface area (TPSA) is 67.6 Å². The Balaban J connectivity index is 1.59. The van der Waals surface area contributed by atoms with Gasteiger partial charge in [0.1, 0.15) is 0 Å². The highest BCUT2D eigenvalue weighted by atomic mass is 16.5. The van der Waals surface area contributed by atoms with Crippen molar-refractivity contribution in [1.29, 1.82) is 0 Å². The number of hydrogen-bond donors (Lipinski definition) is 1. The van der Waals surface area contributed by atoms with Gasteiger partial charge < -0.3 is 19.4 Å². The van der Waals surface area contributed by atoms with E-state index >= 15 is 0 Å². The number of carbonyl (C=O) groups is 1. The van der Waals surface area contributed by atoms with E-state index in [0.717, 1.165) is 31.0 Å². The van der Waals surface area contributed by atoms with Gasteiger partial charge in [0.2, 0.25) is 5.91 Å². The number of nitrogens with one attached hydrogen (secondary N) is 1. The third kappa shape index (κ3) is 6.98. The van der Waals surface area contributed by atoms with Crippen LogP contribution < -0.4 is 5.32 Å². The summed E-state index contributed by atoms with van der Waals surface area (Å²) in [5.74, 6) is 1.29. The number of aromatic nitrogens is 1. The van der Waals surface area contributed by atoms with Crippen LogP contribution >= 0.6 is 0 Å². The van der Waals surface area contributed by atoms with Crippen LogP contribution in [0.25, 0.3) is 11.3 Å². The number of hydrogen-bond acceptors (Lipinski definition) is 5. The number of ether oxygens (including phenoxy) is 1. The molecule has 0 bridgehead atoms. The molecule has 0 saturated carbocycles. The van der Waals surface area contributed by atoms with Crippen molar-refractivity contribution in [2.24, 2.45) is 0 Å². The molecule has 1 amide bonds. The molecular formula is C20H29N3O3. The van der Waals surface area contributed by atoms with Gasteiger partial charge in [-0.05, 0) is 13.1 Å². The lowest BCUT2D eigenvalue weighted by Gasteiger charge is -2.17. The third-order valence-corrected chi connectivity index (χ3v) is 4.19. The lowest BCUT2D eigenvalue weighted by Crippen LogP contribution is -2.30. The first-order valence-corrected chi connectivity index (χ1v) is 9.29. The van der Waals surface area contributed by atoms with Crippen LogP contribution in [0, 0.1) is 0 Å². The van der Waals surface area contributed by atoms with Crippen molar-refractivity contribution >= 4 is 5.91 Å². The Hall–Kier alpha value is -2.18. The molecule has 0 atom stereocenters. The van der Waals surface area contributed by atoms with E-state index in [0.29, 0.717) is 38.5 Å². The maximum atomic E-state index is 11.9. The zero-order chi connectivity index (χ0) is 18.6. The molecule has 2 aromatic rings. The van der Waals surface area contributed by atoms with Gasteiger partial charge in [-0.2, -0.15) is 0 Å². The second-order valence-corrected chi connectivity index (χ2v) is 5.97. The normalized spacial score (nSPS) is 11.0. The van der Waals surface area contributed by atoms with E-state index in [4.69, 9.17) is 9.15 Å². The van der Waals surface area contributed by atoms with Crippen LogP contribution in [0.5, 0.6) is 0 Å². The van der Waals surface area contributed by atoms with Gasteiger partial charge in [-0.3, -0.25) is 4.79 Å². The highest BCUT2D eigenvalue weighted by molar-refractivity contribution is 5.76. The summed E-state index contributed by atoms with van der Waals surface area (Å²) >= 11 is 0. The molecule has 1 heterocycles. The van der Waals surface area contributed by atoms with E-state index in [9.17, 15) is 4.79 Å². The van der Waals surface area contributed by atoms with Crippen LogP contribution in [0.2, 0.25) is 0 Å². The Labute approximate surface area is 155 Å². The van der Waals surface area contributed by atoms with E-state index in [1.54, 1.807) is 6.20 Å². The molecule has 0 aliphatic heterocycles. The van der Waals surface area contributed by atoms with Crippen molar-refractivity contribution in [3.8, 4) is 11.3 Å². The van der Waals surface area contributed by atoms with Gasteiger partial charge in [-0.1, -0.05) is 44.2 Å². The Morgan fingerprint density at radius 1 is 1.19 bits per heavy atom. The maximum absolute atomic E-state index is 11.9. The molecule has 0 aliphatic rings. The zero-order valence-corrected chi connectivity index (χ0v) is 15.7. The van der Waals surface area contributed by atoms with Crippen molar-refractivity contribution in [3.05, 3.63) is 42.4 Å². The standard InChI is InChI=1S/C20H29N3O3/c1-3-23(4-2)13-15-25-14-12-21-19(24)10-11-20-22-16-18(26-20)17-8-6-5-7-9-17/h5-9,16H,3-4,10-15H2,1-2H3,(H,21,24). The minimum atomic E-state index is -0.0168.